The highest BCUT2D eigenvalue weighted by atomic mass is 32.2. The lowest BCUT2D eigenvalue weighted by Crippen LogP contribution is -1.93. The van der Waals surface area contributed by atoms with E-state index in [4.69, 9.17) is 13.6 Å². The van der Waals surface area contributed by atoms with Gasteiger partial charge in [0.05, 0.1) is 24.1 Å². The van der Waals surface area contributed by atoms with Crippen molar-refractivity contribution in [1.82, 2.24) is 15.2 Å². The van der Waals surface area contributed by atoms with Crippen LogP contribution in [0.5, 0.6) is 5.75 Å². The predicted octanol–water partition coefficient (Wildman–Crippen LogP) is 5.14. The molecule has 0 spiro atoms. The smallest absolute Gasteiger partial charge is 0.277 e. The molecule has 0 aliphatic heterocycles. The number of thioether (sulfide) groups is 1. The summed E-state index contributed by atoms with van der Waals surface area (Å²) in [4.78, 5) is 4.57. The van der Waals surface area contributed by atoms with E-state index < -0.39 is 0 Å². The van der Waals surface area contributed by atoms with Gasteiger partial charge in [0.15, 0.2) is 10.8 Å². The summed E-state index contributed by atoms with van der Waals surface area (Å²) in [7, 11) is 0. The molecule has 0 N–H and O–H groups in total. The first kappa shape index (κ1) is 16.9. The van der Waals surface area contributed by atoms with Gasteiger partial charge in [0, 0.05) is 11.1 Å². The van der Waals surface area contributed by atoms with Crippen molar-refractivity contribution in [2.45, 2.75) is 17.9 Å². The molecule has 3 aromatic heterocycles. The van der Waals surface area contributed by atoms with Gasteiger partial charge in [-0.1, -0.05) is 23.9 Å². The molecule has 8 heteroatoms. The summed E-state index contributed by atoms with van der Waals surface area (Å²) in [6, 6.07) is 11.4. The molecule has 4 rings (SSSR count). The highest BCUT2D eigenvalue weighted by Gasteiger charge is 2.14. The number of ether oxygens (including phenoxy) is 1. The lowest BCUT2D eigenvalue weighted by Gasteiger charge is -2.05. The highest BCUT2D eigenvalue weighted by molar-refractivity contribution is 7.98. The Hall–Kier alpha value is -2.58. The molecule has 6 nitrogen and oxygen atoms in total. The zero-order chi connectivity index (χ0) is 17.8. The fourth-order valence-corrected chi connectivity index (χ4v) is 3.87. The van der Waals surface area contributed by atoms with Gasteiger partial charge in [0.25, 0.3) is 11.1 Å². The summed E-state index contributed by atoms with van der Waals surface area (Å²) in [5.41, 5.74) is 1.74. The van der Waals surface area contributed by atoms with E-state index in [0.717, 1.165) is 27.8 Å². The Labute approximate surface area is 158 Å². The molecule has 1 aromatic carbocycles. The molecule has 0 bridgehead atoms. The van der Waals surface area contributed by atoms with E-state index in [9.17, 15) is 0 Å². The van der Waals surface area contributed by atoms with Crippen molar-refractivity contribution in [2.75, 3.05) is 6.61 Å². The highest BCUT2D eigenvalue weighted by Crippen LogP contribution is 2.32. The van der Waals surface area contributed by atoms with Gasteiger partial charge in [-0.25, -0.2) is 4.98 Å². The quantitative estimate of drug-likeness (QED) is 0.408. The first-order valence-electron chi connectivity index (χ1n) is 8.00. The van der Waals surface area contributed by atoms with Crippen LogP contribution in [-0.2, 0) is 5.75 Å². The molecule has 0 saturated carbocycles. The van der Waals surface area contributed by atoms with Crippen molar-refractivity contribution >= 4 is 23.1 Å². The summed E-state index contributed by atoms with van der Waals surface area (Å²) in [6.45, 7) is 2.52. The second kappa shape index (κ2) is 7.76. The van der Waals surface area contributed by atoms with Crippen LogP contribution >= 0.6 is 23.1 Å². The van der Waals surface area contributed by atoms with Crippen LogP contribution in [-0.4, -0.2) is 21.8 Å². The molecule has 0 amide bonds. The van der Waals surface area contributed by atoms with Crippen molar-refractivity contribution in [3.63, 3.8) is 0 Å². The van der Waals surface area contributed by atoms with Crippen LogP contribution in [0.2, 0.25) is 0 Å². The first-order chi connectivity index (χ1) is 12.8. The van der Waals surface area contributed by atoms with Crippen molar-refractivity contribution in [3.8, 4) is 28.0 Å². The molecule has 0 unspecified atom stereocenters. The van der Waals surface area contributed by atoms with Crippen LogP contribution in [0.4, 0.5) is 0 Å². The molecule has 0 fully saturated rings. The van der Waals surface area contributed by atoms with E-state index in [1.807, 2.05) is 48.7 Å². The molecule has 26 heavy (non-hydrogen) atoms. The molecule has 132 valence electrons. The van der Waals surface area contributed by atoms with E-state index in [2.05, 4.69) is 15.2 Å². The second-order valence-electron chi connectivity index (χ2n) is 5.21. The molecule has 0 saturated heterocycles. The predicted molar refractivity (Wildman–Crippen MR) is 100 cm³/mol. The molecule has 0 aliphatic rings. The number of rotatable bonds is 7. The van der Waals surface area contributed by atoms with Gasteiger partial charge in [0.2, 0.25) is 0 Å². The lowest BCUT2D eigenvalue weighted by atomic mass is 10.2. The Morgan fingerprint density at radius 3 is 2.92 bits per heavy atom. The molecule has 3 heterocycles. The topological polar surface area (TPSA) is 74.2 Å². The number of hydrogen-bond donors (Lipinski definition) is 0. The normalized spacial score (nSPS) is 11.0. The third-order valence-electron chi connectivity index (χ3n) is 3.45. The molecule has 0 aliphatic carbocycles. The minimum absolute atomic E-state index is 0.450. The van der Waals surface area contributed by atoms with Gasteiger partial charge in [-0.2, -0.15) is 0 Å². The minimum atomic E-state index is 0.450. The van der Waals surface area contributed by atoms with Crippen molar-refractivity contribution in [3.05, 3.63) is 53.7 Å². The van der Waals surface area contributed by atoms with E-state index in [-0.39, 0.29) is 0 Å². The number of para-hydroxylation sites is 1. The monoisotopic (exact) mass is 385 g/mol. The Morgan fingerprint density at radius 1 is 1.15 bits per heavy atom. The van der Waals surface area contributed by atoms with E-state index >= 15 is 0 Å². The fourth-order valence-electron chi connectivity index (χ4n) is 2.32. The molecule has 4 aromatic rings. The summed E-state index contributed by atoms with van der Waals surface area (Å²) >= 11 is 3.00. The van der Waals surface area contributed by atoms with Crippen LogP contribution < -0.4 is 4.74 Å². The molecular weight excluding hydrogens is 370 g/mol. The van der Waals surface area contributed by atoms with Crippen LogP contribution in [0.15, 0.2) is 62.1 Å². The van der Waals surface area contributed by atoms with Gasteiger partial charge < -0.3 is 13.6 Å². The average molecular weight is 385 g/mol. The number of hydrogen-bond acceptors (Lipinski definition) is 8. The summed E-state index contributed by atoms with van der Waals surface area (Å²) in [6.07, 6.45) is 1.64. The van der Waals surface area contributed by atoms with Gasteiger partial charge in [-0.15, -0.1) is 21.5 Å². The van der Waals surface area contributed by atoms with Gasteiger partial charge >= 0.3 is 0 Å². The standard InChI is InChI=1S/C18H15N3O3S2/c1-2-22-14-7-4-3-6-13(14)16-20-21-18(24-16)26-11-12-10-25-17(19-12)15-8-5-9-23-15/h3-10H,2,11H2,1H3. The van der Waals surface area contributed by atoms with Gasteiger partial charge in [-0.3, -0.25) is 0 Å². The maximum Gasteiger partial charge on any atom is 0.277 e. The summed E-state index contributed by atoms with van der Waals surface area (Å²) < 4.78 is 16.8. The number of aromatic nitrogens is 3. The average Bonchev–Trinajstić information content (AvgIpc) is 3.41. The maximum absolute atomic E-state index is 5.78. The Morgan fingerprint density at radius 2 is 2.08 bits per heavy atom. The van der Waals surface area contributed by atoms with Gasteiger partial charge in [0.1, 0.15) is 5.75 Å². The minimum Gasteiger partial charge on any atom is -0.493 e. The van der Waals surface area contributed by atoms with Crippen LogP contribution in [0.1, 0.15) is 12.6 Å². The van der Waals surface area contributed by atoms with Crippen LogP contribution in [0.25, 0.3) is 22.2 Å². The Kier molecular flexibility index (Phi) is 5.03. The Bertz CT molecular complexity index is 979. The molecule has 0 atom stereocenters. The fraction of sp³-hybridized carbons (Fsp3) is 0.167. The second-order valence-corrected chi connectivity index (χ2v) is 7.00. The number of nitrogens with zero attached hydrogens (tertiary/aromatic N) is 3. The summed E-state index contributed by atoms with van der Waals surface area (Å²) in [5.74, 6) is 2.61. The first-order valence-corrected chi connectivity index (χ1v) is 9.87. The maximum atomic E-state index is 5.78. The zero-order valence-corrected chi connectivity index (χ0v) is 15.5. The largest absolute Gasteiger partial charge is 0.493 e. The van der Waals surface area contributed by atoms with Crippen LogP contribution in [0, 0.1) is 0 Å². The Balaban J connectivity index is 1.45. The number of thiazole rings is 1. The zero-order valence-electron chi connectivity index (χ0n) is 13.9. The van der Waals surface area contributed by atoms with Gasteiger partial charge in [-0.05, 0) is 31.2 Å². The van der Waals surface area contributed by atoms with E-state index in [1.54, 1.807) is 17.6 Å². The van der Waals surface area contributed by atoms with Crippen LogP contribution in [0.3, 0.4) is 0 Å². The molecular formula is C18H15N3O3S2. The van der Waals surface area contributed by atoms with E-state index in [0.29, 0.717) is 23.5 Å². The molecule has 0 radical (unpaired) electrons. The summed E-state index contributed by atoms with van der Waals surface area (Å²) in [5, 5.41) is 11.6. The number of furan rings is 1. The van der Waals surface area contributed by atoms with Crippen molar-refractivity contribution in [2.24, 2.45) is 0 Å². The SMILES string of the molecule is CCOc1ccccc1-c1nnc(SCc2csc(-c3ccco3)n2)o1. The lowest BCUT2D eigenvalue weighted by molar-refractivity contribution is 0.340. The third kappa shape index (κ3) is 3.66. The van der Waals surface area contributed by atoms with E-state index in [1.165, 1.54) is 11.8 Å². The van der Waals surface area contributed by atoms with Crippen molar-refractivity contribution < 1.29 is 13.6 Å². The van der Waals surface area contributed by atoms with Crippen molar-refractivity contribution in [1.29, 1.82) is 0 Å². The number of benzene rings is 1. The third-order valence-corrected chi connectivity index (χ3v) is 5.21.